The van der Waals surface area contributed by atoms with Gasteiger partial charge in [-0.05, 0) is 30.7 Å². The predicted molar refractivity (Wildman–Crippen MR) is 61.1 cm³/mol. The van der Waals surface area contributed by atoms with Crippen LogP contribution < -0.4 is 11.1 Å². The Morgan fingerprint density at radius 2 is 2.06 bits per heavy atom. The fourth-order valence-electron chi connectivity index (χ4n) is 1.35. The van der Waals surface area contributed by atoms with Gasteiger partial charge in [0.2, 0.25) is 5.91 Å². The molecule has 0 spiro atoms. The van der Waals surface area contributed by atoms with E-state index >= 15 is 0 Å². The summed E-state index contributed by atoms with van der Waals surface area (Å²) in [6.45, 7) is 2.77. The maximum absolute atomic E-state index is 12.6. The summed E-state index contributed by atoms with van der Waals surface area (Å²) in [6.07, 6.45) is 0.676. The summed E-state index contributed by atoms with van der Waals surface area (Å²) in [6, 6.07) is 6.07. The van der Waals surface area contributed by atoms with Crippen molar-refractivity contribution in [3.63, 3.8) is 0 Å². The Labute approximate surface area is 94.8 Å². The Kier molecular flexibility index (Phi) is 4.92. The summed E-state index contributed by atoms with van der Waals surface area (Å²) < 4.78 is 12.6. The van der Waals surface area contributed by atoms with Crippen LogP contribution in [0, 0.1) is 11.7 Å². The molecule has 0 radical (unpaired) electrons. The van der Waals surface area contributed by atoms with Crippen LogP contribution in [0.5, 0.6) is 0 Å². The van der Waals surface area contributed by atoms with Gasteiger partial charge in [0, 0.05) is 12.5 Å². The first-order valence-corrected chi connectivity index (χ1v) is 5.35. The third-order valence-corrected chi connectivity index (χ3v) is 2.43. The number of benzene rings is 1. The molecular weight excluding hydrogens is 207 g/mol. The lowest BCUT2D eigenvalue weighted by Gasteiger charge is -2.10. The predicted octanol–water partition coefficient (Wildman–Crippen LogP) is 1.43. The topological polar surface area (TPSA) is 55.1 Å². The van der Waals surface area contributed by atoms with Crippen molar-refractivity contribution in [1.29, 1.82) is 0 Å². The average Bonchev–Trinajstić information content (AvgIpc) is 2.28. The minimum Gasteiger partial charge on any atom is -0.352 e. The van der Waals surface area contributed by atoms with Crippen LogP contribution in [-0.4, -0.2) is 12.5 Å². The number of nitrogens with two attached hydrogens (primary N) is 1. The smallest absolute Gasteiger partial charge is 0.223 e. The van der Waals surface area contributed by atoms with Crippen molar-refractivity contribution in [2.24, 2.45) is 11.7 Å². The Bertz CT molecular complexity index is 337. The van der Waals surface area contributed by atoms with E-state index in [1.54, 1.807) is 12.1 Å². The molecule has 88 valence electrons. The number of halogens is 1. The number of nitrogens with one attached hydrogen (secondary N) is 1. The molecule has 3 nitrogen and oxygen atoms in total. The molecule has 0 fully saturated rings. The van der Waals surface area contributed by atoms with Crippen LogP contribution in [0.15, 0.2) is 24.3 Å². The lowest BCUT2D eigenvalue weighted by Crippen LogP contribution is -2.29. The third kappa shape index (κ3) is 3.98. The second-order valence-corrected chi connectivity index (χ2v) is 3.82. The average molecular weight is 224 g/mol. The van der Waals surface area contributed by atoms with Gasteiger partial charge in [-0.3, -0.25) is 4.79 Å². The van der Waals surface area contributed by atoms with E-state index in [1.165, 1.54) is 12.1 Å². The van der Waals surface area contributed by atoms with Gasteiger partial charge in [0.15, 0.2) is 0 Å². The molecule has 0 saturated heterocycles. The van der Waals surface area contributed by atoms with Crippen LogP contribution in [0.3, 0.4) is 0 Å². The Morgan fingerprint density at radius 3 is 2.62 bits per heavy atom. The van der Waals surface area contributed by atoms with Gasteiger partial charge in [-0.15, -0.1) is 0 Å². The van der Waals surface area contributed by atoms with E-state index in [1.807, 2.05) is 6.92 Å². The van der Waals surface area contributed by atoms with Gasteiger partial charge in [-0.2, -0.15) is 0 Å². The largest absolute Gasteiger partial charge is 0.352 e. The number of hydrogen-bond acceptors (Lipinski definition) is 2. The van der Waals surface area contributed by atoms with E-state index in [-0.39, 0.29) is 17.6 Å². The number of carbonyl (C=O) groups excluding carboxylic acids is 1. The van der Waals surface area contributed by atoms with Gasteiger partial charge in [0.1, 0.15) is 5.82 Å². The van der Waals surface area contributed by atoms with E-state index < -0.39 is 0 Å². The first kappa shape index (κ1) is 12.6. The molecule has 0 aliphatic carbocycles. The van der Waals surface area contributed by atoms with Crippen molar-refractivity contribution in [2.45, 2.75) is 19.9 Å². The normalized spacial score (nSPS) is 12.2. The lowest BCUT2D eigenvalue weighted by molar-refractivity contribution is -0.124. The molecular formula is C12H17FN2O. The van der Waals surface area contributed by atoms with Gasteiger partial charge in [0.05, 0.1) is 0 Å². The van der Waals surface area contributed by atoms with Crippen LogP contribution in [-0.2, 0) is 11.3 Å². The second kappa shape index (κ2) is 6.23. The lowest BCUT2D eigenvalue weighted by atomic mass is 10.1. The monoisotopic (exact) mass is 224 g/mol. The summed E-state index contributed by atoms with van der Waals surface area (Å²) in [4.78, 5) is 11.5. The van der Waals surface area contributed by atoms with Gasteiger partial charge in [-0.1, -0.05) is 19.1 Å². The van der Waals surface area contributed by atoms with Gasteiger partial charge in [0.25, 0.3) is 0 Å². The minimum absolute atomic E-state index is 0.0187. The Hall–Kier alpha value is -1.42. The van der Waals surface area contributed by atoms with E-state index in [4.69, 9.17) is 5.73 Å². The summed E-state index contributed by atoms with van der Waals surface area (Å²) in [5, 5.41) is 2.79. The van der Waals surface area contributed by atoms with Crippen LogP contribution in [0.4, 0.5) is 4.39 Å². The zero-order valence-electron chi connectivity index (χ0n) is 9.37. The maximum atomic E-state index is 12.6. The second-order valence-electron chi connectivity index (χ2n) is 3.82. The molecule has 3 N–H and O–H groups in total. The first-order valence-electron chi connectivity index (χ1n) is 5.35. The van der Waals surface area contributed by atoms with Crippen molar-refractivity contribution in [3.8, 4) is 0 Å². The summed E-state index contributed by atoms with van der Waals surface area (Å²) in [5.74, 6) is -0.369. The molecule has 1 aromatic carbocycles. The zero-order chi connectivity index (χ0) is 12.0. The SMILES string of the molecule is CC(CCN)C(=O)NCc1ccc(F)cc1. The summed E-state index contributed by atoms with van der Waals surface area (Å²) >= 11 is 0. The molecule has 0 saturated carbocycles. The number of rotatable bonds is 5. The number of hydrogen-bond donors (Lipinski definition) is 2. The maximum Gasteiger partial charge on any atom is 0.223 e. The molecule has 1 aromatic rings. The molecule has 0 aliphatic rings. The highest BCUT2D eigenvalue weighted by molar-refractivity contribution is 5.78. The summed E-state index contributed by atoms with van der Waals surface area (Å²) in [7, 11) is 0. The zero-order valence-corrected chi connectivity index (χ0v) is 9.37. The molecule has 0 aliphatic heterocycles. The minimum atomic E-state index is -0.272. The van der Waals surface area contributed by atoms with Crippen LogP contribution in [0.2, 0.25) is 0 Å². The molecule has 0 aromatic heterocycles. The highest BCUT2D eigenvalue weighted by Crippen LogP contribution is 2.04. The van der Waals surface area contributed by atoms with E-state index in [9.17, 15) is 9.18 Å². The third-order valence-electron chi connectivity index (χ3n) is 2.43. The molecule has 1 unspecified atom stereocenters. The molecule has 4 heteroatoms. The highest BCUT2D eigenvalue weighted by atomic mass is 19.1. The fourth-order valence-corrected chi connectivity index (χ4v) is 1.35. The molecule has 0 bridgehead atoms. The Morgan fingerprint density at radius 1 is 1.44 bits per heavy atom. The highest BCUT2D eigenvalue weighted by Gasteiger charge is 2.10. The molecule has 1 atom stereocenters. The van der Waals surface area contributed by atoms with Gasteiger partial charge >= 0.3 is 0 Å². The van der Waals surface area contributed by atoms with Crippen molar-refractivity contribution < 1.29 is 9.18 Å². The van der Waals surface area contributed by atoms with Crippen molar-refractivity contribution in [2.75, 3.05) is 6.54 Å². The van der Waals surface area contributed by atoms with E-state index in [2.05, 4.69) is 5.32 Å². The summed E-state index contributed by atoms with van der Waals surface area (Å²) in [5.41, 5.74) is 6.25. The van der Waals surface area contributed by atoms with Gasteiger partial charge < -0.3 is 11.1 Å². The number of amides is 1. The van der Waals surface area contributed by atoms with Crippen LogP contribution in [0.25, 0.3) is 0 Å². The van der Waals surface area contributed by atoms with E-state index in [0.717, 1.165) is 5.56 Å². The van der Waals surface area contributed by atoms with E-state index in [0.29, 0.717) is 19.5 Å². The van der Waals surface area contributed by atoms with Crippen molar-refractivity contribution >= 4 is 5.91 Å². The quantitative estimate of drug-likeness (QED) is 0.795. The van der Waals surface area contributed by atoms with Gasteiger partial charge in [-0.25, -0.2) is 4.39 Å². The molecule has 1 amide bonds. The standard InChI is InChI=1S/C12H17FN2O/c1-9(6-7-14)12(16)15-8-10-2-4-11(13)5-3-10/h2-5,9H,6-8,14H2,1H3,(H,15,16). The molecule has 1 rings (SSSR count). The number of carbonyl (C=O) groups is 1. The Balaban J connectivity index is 2.39. The molecule has 0 heterocycles. The van der Waals surface area contributed by atoms with Crippen molar-refractivity contribution in [3.05, 3.63) is 35.6 Å². The molecule has 16 heavy (non-hydrogen) atoms. The van der Waals surface area contributed by atoms with Crippen molar-refractivity contribution in [1.82, 2.24) is 5.32 Å². The van der Waals surface area contributed by atoms with Crippen LogP contribution in [0.1, 0.15) is 18.9 Å². The first-order chi connectivity index (χ1) is 7.63. The van der Waals surface area contributed by atoms with Crippen LogP contribution >= 0.6 is 0 Å². The fraction of sp³-hybridized carbons (Fsp3) is 0.417.